The number of fused-ring (bicyclic) bond motifs is 1. The number of amidine groups is 2. The number of hydrogen-bond donors (Lipinski definition) is 1. The first kappa shape index (κ1) is 19.1. The lowest BCUT2D eigenvalue weighted by molar-refractivity contribution is -0.114. The highest BCUT2D eigenvalue weighted by Gasteiger charge is 2.34. The molecule has 8 heteroatoms. The van der Waals surface area contributed by atoms with E-state index in [1.807, 2.05) is 0 Å². The summed E-state index contributed by atoms with van der Waals surface area (Å²) in [5, 5.41) is 9.46. The van der Waals surface area contributed by atoms with E-state index in [1.165, 1.54) is 18.2 Å². The fourth-order valence-corrected chi connectivity index (χ4v) is 2.96. The van der Waals surface area contributed by atoms with E-state index in [0.29, 0.717) is 22.6 Å². The van der Waals surface area contributed by atoms with Crippen LogP contribution in [0.2, 0.25) is 0 Å². The van der Waals surface area contributed by atoms with Crippen molar-refractivity contribution in [3.8, 4) is 11.5 Å². The summed E-state index contributed by atoms with van der Waals surface area (Å²) >= 11 is 0. The van der Waals surface area contributed by atoms with Crippen molar-refractivity contribution in [2.45, 2.75) is 6.92 Å². The van der Waals surface area contributed by atoms with Crippen molar-refractivity contribution in [2.24, 2.45) is 4.99 Å². The van der Waals surface area contributed by atoms with Crippen LogP contribution < -0.4 is 9.47 Å². The Morgan fingerprint density at radius 3 is 2.67 bits per heavy atom. The number of methoxy groups -OCH3 is 1. The van der Waals surface area contributed by atoms with Crippen molar-refractivity contribution in [3.05, 3.63) is 77.1 Å². The Bertz CT molecular complexity index is 1150. The Labute approximate surface area is 172 Å². The van der Waals surface area contributed by atoms with Crippen LogP contribution in [0, 0.1) is 5.41 Å². The summed E-state index contributed by atoms with van der Waals surface area (Å²) in [6.07, 6.45) is 3.09. The fraction of sp³-hybridized carbons (Fsp3) is 0.0909. The molecule has 0 unspecified atom stereocenters. The summed E-state index contributed by atoms with van der Waals surface area (Å²) < 4.78 is 10.8. The van der Waals surface area contributed by atoms with Gasteiger partial charge in [0, 0.05) is 6.08 Å². The van der Waals surface area contributed by atoms with E-state index in [9.17, 15) is 9.59 Å². The highest BCUT2D eigenvalue weighted by molar-refractivity contribution is 6.32. The minimum absolute atomic E-state index is 0.0675. The minimum atomic E-state index is -0.542. The van der Waals surface area contributed by atoms with Crippen LogP contribution in [0.15, 0.2) is 70.9 Å². The molecular formula is C22H17N3O5. The van der Waals surface area contributed by atoms with Crippen molar-refractivity contribution in [1.82, 2.24) is 5.06 Å². The number of nitrogens with one attached hydrogen (secondary N) is 1. The number of rotatable bonds is 4. The number of aliphatic imine (C=N–C) groups is 1. The number of allylic oxidation sites excluding steroid dienone is 1. The molecule has 4 rings (SSSR count). The average molecular weight is 403 g/mol. The summed E-state index contributed by atoms with van der Waals surface area (Å²) in [4.78, 5) is 34.0. The molecular weight excluding hydrogens is 386 g/mol. The Hall–Kier alpha value is -4.20. The highest BCUT2D eigenvalue weighted by Crippen LogP contribution is 2.31. The van der Waals surface area contributed by atoms with Crippen LogP contribution in [-0.4, -0.2) is 35.7 Å². The number of amides is 1. The lowest BCUT2D eigenvalue weighted by atomic mass is 10.1. The van der Waals surface area contributed by atoms with Gasteiger partial charge >= 0.3 is 5.97 Å². The van der Waals surface area contributed by atoms with Crippen molar-refractivity contribution in [2.75, 3.05) is 7.11 Å². The summed E-state index contributed by atoms with van der Waals surface area (Å²) in [6.45, 7) is 1.71. The van der Waals surface area contributed by atoms with Crippen molar-refractivity contribution < 1.29 is 23.9 Å². The molecule has 2 aliphatic heterocycles. The standard InChI is InChI=1S/C22H17N3O5/c1-13-10-19-24-21(26)16(20(23)25(19)30-13)11-14-8-9-17(18(12-14)28-2)29-22(27)15-6-4-3-5-7-15/h3-12,23H,1-2H3/b16-11-,23-20?. The predicted octanol–water partition coefficient (Wildman–Crippen LogP) is 3.36. The molecule has 0 atom stereocenters. The van der Waals surface area contributed by atoms with E-state index in [2.05, 4.69) is 4.99 Å². The second-order valence-electron chi connectivity index (χ2n) is 6.49. The van der Waals surface area contributed by atoms with Gasteiger partial charge in [-0.05, 0) is 42.8 Å². The normalized spacial score (nSPS) is 16.6. The number of carbonyl (C=O) groups is 2. The first-order chi connectivity index (χ1) is 14.5. The lowest BCUT2D eigenvalue weighted by Crippen LogP contribution is -2.38. The van der Waals surface area contributed by atoms with Crippen molar-refractivity contribution >= 4 is 29.6 Å². The SMILES string of the molecule is COc1cc(/C=C2/C(=N)N3OC(C)=CC3=NC2=O)ccc1OC(=O)c1ccccc1. The fourth-order valence-electron chi connectivity index (χ4n) is 2.96. The molecule has 150 valence electrons. The zero-order chi connectivity index (χ0) is 21.3. The molecule has 2 heterocycles. The number of ether oxygens (including phenoxy) is 2. The molecule has 0 saturated carbocycles. The predicted molar refractivity (Wildman–Crippen MR) is 109 cm³/mol. The zero-order valence-electron chi connectivity index (χ0n) is 16.2. The van der Waals surface area contributed by atoms with Gasteiger partial charge in [-0.2, -0.15) is 4.99 Å². The Morgan fingerprint density at radius 1 is 1.17 bits per heavy atom. The van der Waals surface area contributed by atoms with Crippen LogP contribution in [0.1, 0.15) is 22.8 Å². The molecule has 1 amide bonds. The monoisotopic (exact) mass is 403 g/mol. The quantitative estimate of drug-likeness (QED) is 0.477. The van der Waals surface area contributed by atoms with Gasteiger partial charge in [-0.3, -0.25) is 10.2 Å². The van der Waals surface area contributed by atoms with E-state index in [-0.39, 0.29) is 23.0 Å². The van der Waals surface area contributed by atoms with Crippen LogP contribution in [0.5, 0.6) is 11.5 Å². The summed E-state index contributed by atoms with van der Waals surface area (Å²) in [7, 11) is 1.45. The molecule has 2 aromatic carbocycles. The van der Waals surface area contributed by atoms with Crippen LogP contribution in [0.3, 0.4) is 0 Å². The van der Waals surface area contributed by atoms with Crippen molar-refractivity contribution in [3.63, 3.8) is 0 Å². The van der Waals surface area contributed by atoms with Gasteiger partial charge in [0.2, 0.25) is 0 Å². The first-order valence-corrected chi connectivity index (χ1v) is 9.01. The van der Waals surface area contributed by atoms with E-state index in [4.69, 9.17) is 19.7 Å². The second kappa shape index (κ2) is 7.67. The molecule has 0 radical (unpaired) electrons. The van der Waals surface area contributed by atoms with E-state index in [1.54, 1.807) is 61.5 Å². The van der Waals surface area contributed by atoms with Crippen molar-refractivity contribution in [1.29, 1.82) is 5.41 Å². The van der Waals surface area contributed by atoms with Gasteiger partial charge in [0.05, 0.1) is 18.2 Å². The third-order valence-corrected chi connectivity index (χ3v) is 4.39. The van der Waals surface area contributed by atoms with Gasteiger partial charge in [-0.1, -0.05) is 24.3 Å². The Balaban J connectivity index is 1.60. The molecule has 2 aromatic rings. The smallest absolute Gasteiger partial charge is 0.343 e. The number of esters is 1. The third kappa shape index (κ3) is 3.58. The first-order valence-electron chi connectivity index (χ1n) is 9.01. The van der Waals surface area contributed by atoms with Crippen LogP contribution in [0.25, 0.3) is 6.08 Å². The number of carbonyl (C=O) groups excluding carboxylic acids is 2. The minimum Gasteiger partial charge on any atom is -0.493 e. The molecule has 8 nitrogen and oxygen atoms in total. The molecule has 0 fully saturated rings. The third-order valence-electron chi connectivity index (χ3n) is 4.39. The summed E-state index contributed by atoms with van der Waals surface area (Å²) in [5.74, 6) is 0.194. The van der Waals surface area contributed by atoms with Gasteiger partial charge in [-0.25, -0.2) is 4.79 Å². The molecule has 0 aromatic heterocycles. The highest BCUT2D eigenvalue weighted by atomic mass is 16.7. The molecule has 2 aliphatic rings. The van der Waals surface area contributed by atoms with Gasteiger partial charge in [0.1, 0.15) is 5.76 Å². The van der Waals surface area contributed by atoms with Gasteiger partial charge in [-0.15, -0.1) is 5.06 Å². The molecule has 1 N–H and O–H groups in total. The van der Waals surface area contributed by atoms with Gasteiger partial charge in [0.15, 0.2) is 23.2 Å². The van der Waals surface area contributed by atoms with E-state index in [0.717, 1.165) is 0 Å². The maximum Gasteiger partial charge on any atom is 0.343 e. The van der Waals surface area contributed by atoms with Gasteiger partial charge in [0.25, 0.3) is 5.91 Å². The molecule has 0 aliphatic carbocycles. The molecule has 0 spiro atoms. The largest absolute Gasteiger partial charge is 0.493 e. The Kier molecular flexibility index (Phi) is 4.89. The Morgan fingerprint density at radius 2 is 1.93 bits per heavy atom. The second-order valence-corrected chi connectivity index (χ2v) is 6.49. The molecule has 0 bridgehead atoms. The number of benzene rings is 2. The van der Waals surface area contributed by atoms with Crippen LogP contribution in [0.4, 0.5) is 0 Å². The van der Waals surface area contributed by atoms with Crippen LogP contribution >= 0.6 is 0 Å². The topological polar surface area (TPSA) is 101 Å². The zero-order valence-corrected chi connectivity index (χ0v) is 16.2. The number of nitrogens with zero attached hydrogens (tertiary/aromatic N) is 2. The van der Waals surface area contributed by atoms with Crippen LogP contribution in [-0.2, 0) is 9.63 Å². The summed E-state index contributed by atoms with van der Waals surface area (Å²) in [5.41, 5.74) is 1.05. The van der Waals surface area contributed by atoms with E-state index < -0.39 is 11.9 Å². The number of hydrogen-bond acceptors (Lipinski definition) is 6. The maximum absolute atomic E-state index is 12.4. The maximum atomic E-state index is 12.4. The number of hydroxylamine groups is 2. The summed E-state index contributed by atoms with van der Waals surface area (Å²) in [6, 6.07) is 13.4. The molecule has 0 saturated heterocycles. The van der Waals surface area contributed by atoms with E-state index >= 15 is 0 Å². The van der Waals surface area contributed by atoms with Gasteiger partial charge < -0.3 is 14.3 Å². The average Bonchev–Trinajstić information content (AvgIpc) is 3.12. The lowest BCUT2D eigenvalue weighted by Gasteiger charge is -2.23. The molecule has 30 heavy (non-hydrogen) atoms.